The van der Waals surface area contributed by atoms with Crippen molar-refractivity contribution in [2.24, 2.45) is 39.6 Å². The van der Waals surface area contributed by atoms with Crippen molar-refractivity contribution in [2.75, 3.05) is 13.1 Å². The fourth-order valence-corrected chi connectivity index (χ4v) is 5.15. The van der Waals surface area contributed by atoms with Crippen LogP contribution in [-0.2, 0) is 25.6 Å². The van der Waals surface area contributed by atoms with Gasteiger partial charge in [0.1, 0.15) is 18.1 Å². The molecule has 1 saturated carbocycles. The first-order valence-corrected chi connectivity index (χ1v) is 14.9. The third kappa shape index (κ3) is 12.9. The van der Waals surface area contributed by atoms with Gasteiger partial charge in [-0.25, -0.2) is 0 Å². The Morgan fingerprint density at radius 2 is 1.40 bits per heavy atom. The van der Waals surface area contributed by atoms with Crippen molar-refractivity contribution < 1.29 is 19.2 Å². The smallest absolute Gasteiger partial charge is 0.243 e. The van der Waals surface area contributed by atoms with Gasteiger partial charge in [-0.05, 0) is 56.6 Å². The summed E-state index contributed by atoms with van der Waals surface area (Å²) >= 11 is 0. The average molecular weight is 588 g/mol. The van der Waals surface area contributed by atoms with Gasteiger partial charge < -0.3 is 44.6 Å². The van der Waals surface area contributed by atoms with E-state index in [0.29, 0.717) is 44.6 Å². The lowest BCUT2D eigenvalue weighted by molar-refractivity contribution is -0.133. The number of primary amides is 1. The zero-order chi connectivity index (χ0) is 30.9. The van der Waals surface area contributed by atoms with Gasteiger partial charge in [-0.2, -0.15) is 0 Å². The molecule has 1 fully saturated rings. The second kappa shape index (κ2) is 18.7. The monoisotopic (exact) mass is 587 g/mol. The van der Waals surface area contributed by atoms with Crippen molar-refractivity contribution in [2.45, 2.75) is 94.8 Å². The van der Waals surface area contributed by atoms with Crippen LogP contribution in [0.5, 0.6) is 0 Å². The van der Waals surface area contributed by atoms with Crippen LogP contribution in [0, 0.1) is 5.92 Å². The van der Waals surface area contributed by atoms with Crippen LogP contribution in [0.15, 0.2) is 35.3 Å². The fraction of sp³-hybridized carbons (Fsp3) is 0.621. The number of rotatable bonds is 19. The van der Waals surface area contributed by atoms with Gasteiger partial charge in [-0.15, -0.1) is 0 Å². The van der Waals surface area contributed by atoms with E-state index in [2.05, 4.69) is 20.9 Å². The molecular weight excluding hydrogens is 538 g/mol. The molecule has 0 aromatic heterocycles. The van der Waals surface area contributed by atoms with Crippen molar-refractivity contribution >= 4 is 29.6 Å². The summed E-state index contributed by atoms with van der Waals surface area (Å²) < 4.78 is 0. The van der Waals surface area contributed by atoms with E-state index in [0.717, 1.165) is 31.2 Å². The van der Waals surface area contributed by atoms with Crippen LogP contribution in [0.2, 0.25) is 0 Å². The number of hydrogen-bond donors (Lipinski definition) is 8. The van der Waals surface area contributed by atoms with E-state index in [1.807, 2.05) is 30.3 Å². The number of guanidine groups is 1. The summed E-state index contributed by atoms with van der Waals surface area (Å²) in [6.07, 6.45) is 7.25. The van der Waals surface area contributed by atoms with E-state index in [4.69, 9.17) is 28.7 Å². The number of carbonyl (C=O) groups is 4. The Morgan fingerprint density at radius 1 is 0.810 bits per heavy atom. The minimum Gasteiger partial charge on any atom is -0.370 e. The van der Waals surface area contributed by atoms with E-state index in [9.17, 15) is 19.2 Å². The molecule has 0 radical (unpaired) electrons. The number of benzene rings is 1. The normalized spacial score (nSPS) is 16.0. The van der Waals surface area contributed by atoms with E-state index < -0.39 is 47.8 Å². The Hall–Kier alpha value is -3.71. The number of hydrogen-bond acceptors (Lipinski definition) is 7. The van der Waals surface area contributed by atoms with Gasteiger partial charge in [0.15, 0.2) is 5.96 Å². The van der Waals surface area contributed by atoms with Crippen LogP contribution >= 0.6 is 0 Å². The quantitative estimate of drug-likeness (QED) is 0.0580. The van der Waals surface area contributed by atoms with Crippen molar-refractivity contribution in [1.82, 2.24) is 16.0 Å². The highest BCUT2D eigenvalue weighted by Crippen LogP contribution is 2.28. The average Bonchev–Trinajstić information content (AvgIpc) is 3.47. The molecule has 0 heterocycles. The van der Waals surface area contributed by atoms with Crippen molar-refractivity contribution in [3.8, 4) is 0 Å². The molecule has 4 amide bonds. The summed E-state index contributed by atoms with van der Waals surface area (Å²) in [5, 5.41) is 8.24. The molecule has 0 saturated heterocycles. The molecule has 2 rings (SSSR count). The first-order chi connectivity index (χ1) is 20.1. The second-order valence-electron chi connectivity index (χ2n) is 11.0. The third-order valence-electron chi connectivity index (χ3n) is 7.50. The fourth-order valence-electron chi connectivity index (χ4n) is 5.15. The maximum Gasteiger partial charge on any atom is 0.243 e. The van der Waals surface area contributed by atoms with E-state index in [1.165, 1.54) is 0 Å². The summed E-state index contributed by atoms with van der Waals surface area (Å²) in [5.74, 6) is -1.91. The lowest BCUT2D eigenvalue weighted by atomic mass is 9.98. The summed E-state index contributed by atoms with van der Waals surface area (Å²) in [4.78, 5) is 56.0. The molecule has 1 aromatic carbocycles. The maximum absolute atomic E-state index is 13.6. The molecule has 1 aromatic rings. The van der Waals surface area contributed by atoms with Crippen LogP contribution < -0.4 is 44.6 Å². The lowest BCUT2D eigenvalue weighted by Crippen LogP contribution is -2.58. The minimum absolute atomic E-state index is 0.0753. The zero-order valence-electron chi connectivity index (χ0n) is 24.4. The van der Waals surface area contributed by atoms with Gasteiger partial charge in [0.25, 0.3) is 0 Å². The van der Waals surface area contributed by atoms with Crippen molar-refractivity contribution in [3.05, 3.63) is 35.9 Å². The molecule has 0 spiro atoms. The second-order valence-corrected chi connectivity index (χ2v) is 11.0. The predicted octanol–water partition coefficient (Wildman–Crippen LogP) is -0.741. The number of nitrogens with one attached hydrogen (secondary N) is 3. The Kier molecular flexibility index (Phi) is 15.3. The number of amides is 4. The standard InChI is InChI=1S/C29H49N9O4/c30-15-7-6-13-22(25(32)39)36-28(42)24(18-20-9-2-1-3-10-20)38-27(41)23(14-8-16-35-29(33)34)37-26(40)21(31)17-19-11-4-5-12-19/h1-3,9-10,19,21-24H,4-8,11-18,30-31H2,(H2,32,39)(H,36,42)(H,37,40)(H,38,41)(H4,33,34,35). The number of nitrogens with two attached hydrogens (primary N) is 5. The van der Waals surface area contributed by atoms with Crippen molar-refractivity contribution in [1.29, 1.82) is 0 Å². The number of nitrogens with zero attached hydrogens (tertiary/aromatic N) is 1. The maximum atomic E-state index is 13.6. The highest BCUT2D eigenvalue weighted by molar-refractivity contribution is 5.94. The molecule has 13 heteroatoms. The lowest BCUT2D eigenvalue weighted by Gasteiger charge is -2.26. The van der Waals surface area contributed by atoms with Gasteiger partial charge in [0, 0.05) is 13.0 Å². The summed E-state index contributed by atoms with van der Waals surface area (Å²) in [5.41, 5.74) is 28.9. The van der Waals surface area contributed by atoms with Gasteiger partial charge in [0.2, 0.25) is 23.6 Å². The first-order valence-electron chi connectivity index (χ1n) is 14.9. The molecule has 13 nitrogen and oxygen atoms in total. The molecule has 1 aliphatic rings. The molecular formula is C29H49N9O4. The molecule has 42 heavy (non-hydrogen) atoms. The number of aliphatic imine (C=N–C) groups is 1. The summed E-state index contributed by atoms with van der Waals surface area (Å²) in [6.45, 7) is 0.708. The molecule has 0 bridgehead atoms. The number of unbranched alkanes of at least 4 members (excludes halogenated alkanes) is 1. The Labute approximate surface area is 248 Å². The highest BCUT2D eigenvalue weighted by Gasteiger charge is 2.31. The van der Waals surface area contributed by atoms with E-state index >= 15 is 0 Å². The van der Waals surface area contributed by atoms with Crippen molar-refractivity contribution in [3.63, 3.8) is 0 Å². The van der Waals surface area contributed by atoms with Crippen LogP contribution in [0.25, 0.3) is 0 Å². The Bertz CT molecular complexity index is 1030. The minimum atomic E-state index is -1.04. The topological polar surface area (TPSA) is 247 Å². The third-order valence-corrected chi connectivity index (χ3v) is 7.50. The summed E-state index contributed by atoms with van der Waals surface area (Å²) in [6, 6.07) is 5.45. The molecule has 234 valence electrons. The van der Waals surface area contributed by atoms with Gasteiger partial charge in [-0.3, -0.25) is 24.2 Å². The highest BCUT2D eigenvalue weighted by atomic mass is 16.2. The van der Waals surface area contributed by atoms with Gasteiger partial charge in [-0.1, -0.05) is 56.0 Å². The van der Waals surface area contributed by atoms with Crippen LogP contribution in [0.4, 0.5) is 0 Å². The molecule has 1 aliphatic carbocycles. The predicted molar refractivity (Wildman–Crippen MR) is 162 cm³/mol. The van der Waals surface area contributed by atoms with Crippen LogP contribution in [0.3, 0.4) is 0 Å². The molecule has 13 N–H and O–H groups in total. The van der Waals surface area contributed by atoms with Crippen LogP contribution in [0.1, 0.15) is 69.8 Å². The molecule has 4 unspecified atom stereocenters. The molecule has 4 atom stereocenters. The van der Waals surface area contributed by atoms with Gasteiger partial charge in [0.05, 0.1) is 6.04 Å². The van der Waals surface area contributed by atoms with Gasteiger partial charge >= 0.3 is 0 Å². The Morgan fingerprint density at radius 3 is 2.02 bits per heavy atom. The Balaban J connectivity index is 2.19. The molecule has 0 aliphatic heterocycles. The number of carbonyl (C=O) groups excluding carboxylic acids is 4. The largest absolute Gasteiger partial charge is 0.370 e. The first kappa shape index (κ1) is 34.5. The summed E-state index contributed by atoms with van der Waals surface area (Å²) in [7, 11) is 0. The SMILES string of the molecule is NCCCCC(NC(=O)C(Cc1ccccc1)NC(=O)C(CCCN=C(N)N)NC(=O)C(N)CC1CCCC1)C(N)=O. The zero-order valence-corrected chi connectivity index (χ0v) is 24.4. The van der Waals surface area contributed by atoms with E-state index in [-0.39, 0.29) is 25.3 Å². The van der Waals surface area contributed by atoms with E-state index in [1.54, 1.807) is 0 Å². The van der Waals surface area contributed by atoms with Crippen LogP contribution in [-0.4, -0.2) is 66.8 Å².